The second-order valence-electron chi connectivity index (χ2n) is 4.48. The third kappa shape index (κ3) is 5.51. The van der Waals surface area contributed by atoms with Crippen LogP contribution in [0.5, 0.6) is 0 Å². The van der Waals surface area contributed by atoms with Gasteiger partial charge in [0.2, 0.25) is 6.54 Å². The molecule has 0 atom stereocenters. The minimum atomic E-state index is -1.02. The van der Waals surface area contributed by atoms with E-state index in [-0.39, 0.29) is 35.0 Å². The number of aromatic nitrogens is 1. The maximum absolute atomic E-state index is 11.9. The van der Waals surface area contributed by atoms with E-state index in [1.54, 1.807) is 29.1 Å². The zero-order chi connectivity index (χ0) is 15.9. The molecule has 0 fully saturated rings. The van der Waals surface area contributed by atoms with E-state index in [1.165, 1.54) is 30.5 Å². The van der Waals surface area contributed by atoms with Gasteiger partial charge in [-0.05, 0) is 30.3 Å². The maximum Gasteiger partial charge on any atom is 0.335 e. The van der Waals surface area contributed by atoms with Gasteiger partial charge in [0.1, 0.15) is 0 Å². The van der Waals surface area contributed by atoms with Crippen LogP contribution in [0.1, 0.15) is 15.9 Å². The molecule has 0 bridgehead atoms. The highest BCUT2D eigenvalue weighted by Crippen LogP contribution is 2.09. The number of carboxylic acids is 1. The molecule has 0 unspecified atom stereocenters. The molecule has 3 N–H and O–H groups in total. The molecule has 1 amide bonds. The van der Waals surface area contributed by atoms with Crippen molar-refractivity contribution in [2.45, 2.75) is 6.54 Å². The van der Waals surface area contributed by atoms with Crippen molar-refractivity contribution in [2.75, 3.05) is 5.32 Å². The molecule has 1 aromatic carbocycles. The molecule has 0 radical (unpaired) electrons. The maximum atomic E-state index is 11.9. The van der Waals surface area contributed by atoms with E-state index in [0.717, 1.165) is 0 Å². The van der Waals surface area contributed by atoms with Gasteiger partial charge in [-0.2, -0.15) is 4.57 Å². The number of carboxylic acid groups (broad SMARTS) is 1. The summed E-state index contributed by atoms with van der Waals surface area (Å²) in [5, 5.41) is 22.9. The Morgan fingerprint density at radius 2 is 1.91 bits per heavy atom. The number of halogens is 1. The van der Waals surface area contributed by atoms with Gasteiger partial charge in [-0.25, -0.2) is 4.79 Å². The summed E-state index contributed by atoms with van der Waals surface area (Å²) < 4.78 is 1.64. The lowest BCUT2D eigenvalue weighted by atomic mass is 10.2. The average molecular weight is 380 g/mol. The third-order valence-electron chi connectivity index (χ3n) is 2.83. The molecule has 1 aromatic heterocycles. The number of pyridine rings is 1. The van der Waals surface area contributed by atoms with Gasteiger partial charge >= 0.3 is 5.97 Å². The first kappa shape index (κ1) is 18.3. The number of aromatic carboxylic acids is 1. The van der Waals surface area contributed by atoms with Gasteiger partial charge in [0.25, 0.3) is 5.91 Å². The number of nitrogens with one attached hydrogen (secondary N) is 1. The van der Waals surface area contributed by atoms with Gasteiger partial charge in [0.05, 0.1) is 17.3 Å². The second kappa shape index (κ2) is 8.64. The zero-order valence-electron chi connectivity index (χ0n) is 11.9. The first-order valence-electron chi connectivity index (χ1n) is 6.38. The summed E-state index contributed by atoms with van der Waals surface area (Å²) in [7, 11) is 0. The van der Waals surface area contributed by atoms with Crippen molar-refractivity contribution in [2.24, 2.45) is 5.16 Å². The largest absolute Gasteiger partial charge is 1.00 e. The lowest BCUT2D eigenvalue weighted by Gasteiger charge is -2.03. The van der Waals surface area contributed by atoms with Gasteiger partial charge in [0.15, 0.2) is 12.4 Å². The predicted octanol–water partition coefficient (Wildman–Crippen LogP) is -1.88. The van der Waals surface area contributed by atoms with Gasteiger partial charge in [-0.3, -0.25) is 4.79 Å². The monoisotopic (exact) mass is 379 g/mol. The van der Waals surface area contributed by atoms with E-state index in [0.29, 0.717) is 11.3 Å². The Labute approximate surface area is 142 Å². The number of amides is 1. The lowest BCUT2D eigenvalue weighted by Crippen LogP contribution is -3.00. The van der Waals surface area contributed by atoms with Crippen LogP contribution in [0.3, 0.4) is 0 Å². The molecule has 1 heterocycles. The van der Waals surface area contributed by atoms with Crippen LogP contribution in [0.25, 0.3) is 0 Å². The fourth-order valence-corrected chi connectivity index (χ4v) is 1.85. The van der Waals surface area contributed by atoms with E-state index in [2.05, 4.69) is 10.5 Å². The third-order valence-corrected chi connectivity index (χ3v) is 2.83. The van der Waals surface area contributed by atoms with Crippen LogP contribution in [-0.4, -0.2) is 28.4 Å². The number of rotatable bonds is 5. The average Bonchev–Trinajstić information content (AvgIpc) is 2.48. The van der Waals surface area contributed by atoms with Gasteiger partial charge < -0.3 is 32.6 Å². The second-order valence-corrected chi connectivity index (χ2v) is 4.48. The number of benzene rings is 1. The van der Waals surface area contributed by atoms with Gasteiger partial charge in [0, 0.05) is 11.8 Å². The van der Waals surface area contributed by atoms with Gasteiger partial charge in [-0.1, -0.05) is 5.16 Å². The molecule has 23 heavy (non-hydrogen) atoms. The minimum absolute atomic E-state index is 0. The summed E-state index contributed by atoms with van der Waals surface area (Å²) in [5.41, 5.74) is 1.33. The summed E-state index contributed by atoms with van der Waals surface area (Å²) in [5.74, 6) is -1.28. The summed E-state index contributed by atoms with van der Waals surface area (Å²) in [4.78, 5) is 22.7. The quantitative estimate of drug-likeness (QED) is 0.245. The summed E-state index contributed by atoms with van der Waals surface area (Å²) >= 11 is 0. The SMILES string of the molecule is O=C(C[n+]1cccc(/C=N/O)c1)Nc1ccc(C(=O)O)cc1.[Br-]. The van der Waals surface area contributed by atoms with Crippen LogP contribution in [0.15, 0.2) is 53.9 Å². The number of hydrogen-bond donors (Lipinski definition) is 3. The molecular formula is C15H14BrN3O4. The first-order chi connectivity index (χ1) is 10.6. The molecule has 0 saturated carbocycles. The Morgan fingerprint density at radius 3 is 2.52 bits per heavy atom. The fourth-order valence-electron chi connectivity index (χ4n) is 1.85. The molecule has 0 aliphatic heterocycles. The Balaban J connectivity index is 0.00000264. The fraction of sp³-hybridized carbons (Fsp3) is 0.0667. The number of carbonyl (C=O) groups is 2. The molecule has 0 saturated heterocycles. The Bertz CT molecular complexity index is 717. The number of oxime groups is 1. The highest BCUT2D eigenvalue weighted by molar-refractivity contribution is 5.91. The molecule has 2 rings (SSSR count). The van der Waals surface area contributed by atoms with E-state index in [4.69, 9.17) is 10.3 Å². The standard InChI is InChI=1S/C15H13N3O4.BrH/c19-14(10-18-7-1-2-11(9-18)8-16-22)17-13-5-3-12(4-6-13)15(20)21;/h1-9H,10H2,(H2-,17,19,20,21,22);1H/b16-8+;. The van der Waals surface area contributed by atoms with Crippen LogP contribution in [0, 0.1) is 0 Å². The van der Waals surface area contributed by atoms with Crippen molar-refractivity contribution in [1.29, 1.82) is 0 Å². The molecule has 2 aromatic rings. The smallest absolute Gasteiger partial charge is 0.335 e. The zero-order valence-corrected chi connectivity index (χ0v) is 13.5. The molecular weight excluding hydrogens is 366 g/mol. The summed E-state index contributed by atoms with van der Waals surface area (Å²) in [6.07, 6.45) is 4.63. The highest BCUT2D eigenvalue weighted by atomic mass is 79.9. The molecule has 7 nitrogen and oxygen atoms in total. The van der Waals surface area contributed by atoms with E-state index >= 15 is 0 Å². The molecule has 8 heteroatoms. The van der Waals surface area contributed by atoms with Gasteiger partial charge in [-0.15, -0.1) is 0 Å². The van der Waals surface area contributed by atoms with E-state index < -0.39 is 5.97 Å². The molecule has 0 aliphatic carbocycles. The van der Waals surface area contributed by atoms with Crippen molar-refractivity contribution in [1.82, 2.24) is 0 Å². The molecule has 120 valence electrons. The minimum Gasteiger partial charge on any atom is -1.00 e. The van der Waals surface area contributed by atoms with Crippen molar-refractivity contribution < 1.29 is 41.5 Å². The van der Waals surface area contributed by atoms with Crippen molar-refractivity contribution >= 4 is 23.8 Å². The molecule has 0 spiro atoms. The van der Waals surface area contributed by atoms with E-state index in [9.17, 15) is 9.59 Å². The topological polar surface area (TPSA) is 103 Å². The lowest BCUT2D eigenvalue weighted by molar-refractivity contribution is -0.684. The first-order valence-corrected chi connectivity index (χ1v) is 6.38. The summed E-state index contributed by atoms with van der Waals surface area (Å²) in [6, 6.07) is 9.36. The number of hydrogen-bond acceptors (Lipinski definition) is 4. The number of nitrogens with zero attached hydrogens (tertiary/aromatic N) is 2. The predicted molar refractivity (Wildman–Crippen MR) is 78.0 cm³/mol. The van der Waals surface area contributed by atoms with Crippen molar-refractivity contribution in [3.63, 3.8) is 0 Å². The Hall–Kier alpha value is -2.74. The van der Waals surface area contributed by atoms with E-state index in [1.807, 2.05) is 0 Å². The highest BCUT2D eigenvalue weighted by Gasteiger charge is 2.10. The van der Waals surface area contributed by atoms with Crippen LogP contribution in [-0.2, 0) is 11.3 Å². The number of anilines is 1. The van der Waals surface area contributed by atoms with Crippen LogP contribution < -0.4 is 26.9 Å². The van der Waals surface area contributed by atoms with Crippen LogP contribution in [0.4, 0.5) is 5.69 Å². The normalized spacial score (nSPS) is 10.1. The number of carbonyl (C=O) groups excluding carboxylic acids is 1. The summed E-state index contributed by atoms with van der Waals surface area (Å²) in [6.45, 7) is 0.0772. The Kier molecular flexibility index (Phi) is 6.88. The molecule has 0 aliphatic rings. The Morgan fingerprint density at radius 1 is 1.22 bits per heavy atom. The van der Waals surface area contributed by atoms with Crippen molar-refractivity contribution in [3.05, 3.63) is 59.9 Å². The van der Waals surface area contributed by atoms with Crippen LogP contribution >= 0.6 is 0 Å². The van der Waals surface area contributed by atoms with Crippen molar-refractivity contribution in [3.8, 4) is 0 Å². The van der Waals surface area contributed by atoms with Crippen LogP contribution in [0.2, 0.25) is 0 Å².